The molecule has 2 aromatic carbocycles. The molecule has 0 aliphatic heterocycles. The minimum absolute atomic E-state index is 0.345. The molecule has 0 saturated heterocycles. The van der Waals surface area contributed by atoms with E-state index in [0.29, 0.717) is 18.8 Å². The highest BCUT2D eigenvalue weighted by Crippen LogP contribution is 2.26. The molecule has 8 heteroatoms. The van der Waals surface area contributed by atoms with Gasteiger partial charge in [-0.3, -0.25) is 4.72 Å². The SMILES string of the molecule is O=S(=O)(Nc1ccc(Cl)cc1I)c1ccc(Br)cc1F. The molecule has 3 nitrogen and oxygen atoms in total. The van der Waals surface area contributed by atoms with E-state index in [9.17, 15) is 12.8 Å². The lowest BCUT2D eigenvalue weighted by Gasteiger charge is -2.10. The number of hydrogen-bond acceptors (Lipinski definition) is 2. The van der Waals surface area contributed by atoms with Crippen LogP contribution in [0, 0.1) is 9.39 Å². The second kappa shape index (κ2) is 6.17. The highest BCUT2D eigenvalue weighted by molar-refractivity contribution is 14.1. The molecule has 0 spiro atoms. The minimum Gasteiger partial charge on any atom is -0.278 e. The normalized spacial score (nSPS) is 11.4. The van der Waals surface area contributed by atoms with Gasteiger partial charge in [0.1, 0.15) is 10.7 Å². The third-order valence-electron chi connectivity index (χ3n) is 2.36. The summed E-state index contributed by atoms with van der Waals surface area (Å²) in [6, 6.07) is 8.45. The monoisotopic (exact) mass is 489 g/mol. The third-order valence-corrected chi connectivity index (χ3v) is 5.38. The van der Waals surface area contributed by atoms with Crippen LogP contribution in [0.1, 0.15) is 0 Å². The Morgan fingerprint density at radius 1 is 1.20 bits per heavy atom. The highest BCUT2D eigenvalue weighted by atomic mass is 127. The molecule has 2 rings (SSSR count). The number of rotatable bonds is 3. The van der Waals surface area contributed by atoms with Gasteiger partial charge in [-0.15, -0.1) is 0 Å². The van der Waals surface area contributed by atoms with Crippen molar-refractivity contribution in [3.05, 3.63) is 55.3 Å². The Morgan fingerprint density at radius 2 is 1.90 bits per heavy atom. The van der Waals surface area contributed by atoms with E-state index >= 15 is 0 Å². The van der Waals surface area contributed by atoms with Gasteiger partial charge in [0.2, 0.25) is 0 Å². The predicted molar refractivity (Wildman–Crippen MR) is 89.1 cm³/mol. The maximum absolute atomic E-state index is 13.7. The number of sulfonamides is 1. The molecule has 0 aliphatic carbocycles. The Hall–Kier alpha value is -0.380. The molecule has 0 aromatic heterocycles. The van der Waals surface area contributed by atoms with E-state index < -0.39 is 20.7 Å². The standard InChI is InChI=1S/C12H7BrClFINO2S/c13-7-1-4-12(9(15)5-7)20(18,19)17-11-3-2-8(14)6-10(11)16/h1-6,17H. The molecule has 2 aromatic rings. The lowest BCUT2D eigenvalue weighted by atomic mass is 10.3. The van der Waals surface area contributed by atoms with Crippen molar-refractivity contribution in [1.29, 1.82) is 0 Å². The summed E-state index contributed by atoms with van der Waals surface area (Å²) in [6.45, 7) is 0. The fourth-order valence-electron chi connectivity index (χ4n) is 1.47. The number of nitrogens with one attached hydrogen (secondary N) is 1. The first-order valence-corrected chi connectivity index (χ1v) is 8.96. The van der Waals surface area contributed by atoms with Gasteiger partial charge in [-0.05, 0) is 59.0 Å². The summed E-state index contributed by atoms with van der Waals surface area (Å²) in [5.74, 6) is -0.823. The molecule has 106 valence electrons. The van der Waals surface area contributed by atoms with Gasteiger partial charge in [0.05, 0.1) is 5.69 Å². The Bertz CT molecular complexity index is 770. The van der Waals surface area contributed by atoms with Crippen molar-refractivity contribution < 1.29 is 12.8 Å². The molecular weight excluding hydrogens is 483 g/mol. The zero-order valence-electron chi connectivity index (χ0n) is 9.70. The first-order valence-electron chi connectivity index (χ1n) is 5.22. The van der Waals surface area contributed by atoms with Crippen molar-refractivity contribution in [1.82, 2.24) is 0 Å². The molecule has 0 unspecified atom stereocenters. The molecular formula is C12H7BrClFINO2S. The predicted octanol–water partition coefficient (Wildman–Crippen LogP) is 4.65. The average Bonchev–Trinajstić information content (AvgIpc) is 2.32. The van der Waals surface area contributed by atoms with Crippen molar-refractivity contribution in [3.63, 3.8) is 0 Å². The molecule has 0 radical (unpaired) electrons. The van der Waals surface area contributed by atoms with Crippen molar-refractivity contribution >= 4 is 65.8 Å². The lowest BCUT2D eigenvalue weighted by Crippen LogP contribution is -2.15. The summed E-state index contributed by atoms with van der Waals surface area (Å²) in [4.78, 5) is -0.411. The van der Waals surface area contributed by atoms with Crippen LogP contribution in [-0.2, 0) is 10.0 Å². The van der Waals surface area contributed by atoms with Gasteiger partial charge in [-0.2, -0.15) is 0 Å². The molecule has 1 N–H and O–H groups in total. The summed E-state index contributed by atoms with van der Waals surface area (Å²) in [5.41, 5.74) is 0.345. The van der Waals surface area contributed by atoms with Crippen LogP contribution in [0.4, 0.5) is 10.1 Å². The largest absolute Gasteiger partial charge is 0.278 e. The van der Waals surface area contributed by atoms with E-state index in [1.165, 1.54) is 18.2 Å². The Kier molecular flexibility index (Phi) is 4.93. The van der Waals surface area contributed by atoms with Crippen LogP contribution < -0.4 is 4.72 Å². The van der Waals surface area contributed by atoms with E-state index in [0.717, 1.165) is 6.07 Å². The Morgan fingerprint density at radius 3 is 2.50 bits per heavy atom. The number of benzene rings is 2. The van der Waals surface area contributed by atoms with Crippen LogP contribution in [0.25, 0.3) is 0 Å². The number of anilines is 1. The zero-order chi connectivity index (χ0) is 14.9. The molecule has 0 saturated carbocycles. The van der Waals surface area contributed by atoms with Gasteiger partial charge in [0.15, 0.2) is 0 Å². The maximum Gasteiger partial charge on any atom is 0.264 e. The van der Waals surface area contributed by atoms with E-state index in [-0.39, 0.29) is 0 Å². The smallest absolute Gasteiger partial charge is 0.264 e. The van der Waals surface area contributed by atoms with Crippen LogP contribution in [0.15, 0.2) is 45.8 Å². The second-order valence-electron chi connectivity index (χ2n) is 3.80. The van der Waals surface area contributed by atoms with Crippen molar-refractivity contribution in [2.45, 2.75) is 4.90 Å². The second-order valence-corrected chi connectivity index (χ2v) is 7.97. The van der Waals surface area contributed by atoms with E-state index in [4.69, 9.17) is 11.6 Å². The van der Waals surface area contributed by atoms with Gasteiger partial charge in [0, 0.05) is 13.1 Å². The van der Waals surface area contributed by atoms with Gasteiger partial charge < -0.3 is 0 Å². The zero-order valence-corrected chi connectivity index (χ0v) is 15.0. The maximum atomic E-state index is 13.7. The Labute approximate surface area is 142 Å². The summed E-state index contributed by atoms with van der Waals surface area (Å²) >= 11 is 10.8. The van der Waals surface area contributed by atoms with Gasteiger partial charge in [-0.25, -0.2) is 12.8 Å². The molecule has 0 fully saturated rings. The van der Waals surface area contributed by atoms with Crippen molar-refractivity contribution in [2.75, 3.05) is 4.72 Å². The van der Waals surface area contributed by atoms with E-state index in [1.807, 2.05) is 22.6 Å². The van der Waals surface area contributed by atoms with Crippen LogP contribution in [0.5, 0.6) is 0 Å². The number of hydrogen-bond donors (Lipinski definition) is 1. The van der Waals surface area contributed by atoms with E-state index in [1.54, 1.807) is 12.1 Å². The van der Waals surface area contributed by atoms with Gasteiger partial charge in [0.25, 0.3) is 10.0 Å². The van der Waals surface area contributed by atoms with Crippen molar-refractivity contribution in [3.8, 4) is 0 Å². The molecule has 20 heavy (non-hydrogen) atoms. The van der Waals surface area contributed by atoms with Crippen LogP contribution in [0.3, 0.4) is 0 Å². The average molecular weight is 491 g/mol. The molecule has 0 amide bonds. The third kappa shape index (κ3) is 3.63. The lowest BCUT2D eigenvalue weighted by molar-refractivity contribution is 0.570. The van der Waals surface area contributed by atoms with Crippen LogP contribution in [-0.4, -0.2) is 8.42 Å². The van der Waals surface area contributed by atoms with E-state index in [2.05, 4.69) is 20.7 Å². The fourth-order valence-corrected chi connectivity index (χ4v) is 4.13. The Balaban J connectivity index is 2.41. The highest BCUT2D eigenvalue weighted by Gasteiger charge is 2.20. The topological polar surface area (TPSA) is 46.2 Å². The molecule has 0 bridgehead atoms. The molecule has 0 aliphatic rings. The molecule has 0 atom stereocenters. The molecule has 0 heterocycles. The fraction of sp³-hybridized carbons (Fsp3) is 0. The minimum atomic E-state index is -3.99. The van der Waals surface area contributed by atoms with Gasteiger partial charge in [-0.1, -0.05) is 27.5 Å². The summed E-state index contributed by atoms with van der Waals surface area (Å²) in [7, 11) is -3.99. The first kappa shape index (κ1) is 16.0. The van der Waals surface area contributed by atoms with Crippen LogP contribution in [0.2, 0.25) is 5.02 Å². The summed E-state index contributed by atoms with van der Waals surface area (Å²) in [6.07, 6.45) is 0. The number of halogens is 4. The summed E-state index contributed by atoms with van der Waals surface area (Å²) < 4.78 is 41.5. The van der Waals surface area contributed by atoms with Crippen molar-refractivity contribution in [2.24, 2.45) is 0 Å². The quantitative estimate of drug-likeness (QED) is 0.637. The summed E-state index contributed by atoms with van der Waals surface area (Å²) in [5, 5.41) is 0.493. The van der Waals surface area contributed by atoms with Gasteiger partial charge >= 0.3 is 0 Å². The van der Waals surface area contributed by atoms with Crippen LogP contribution >= 0.6 is 50.1 Å². The first-order chi connectivity index (χ1) is 9.29.